The number of Topliss-reactive ketones (excluding diaryl/α,β-unsaturated/α-hetero) is 1. The van der Waals surface area contributed by atoms with Gasteiger partial charge in [-0.15, -0.1) is 0 Å². The number of hydrogen-bond donors (Lipinski definition) is 1. The fourth-order valence-electron chi connectivity index (χ4n) is 1.12. The second kappa shape index (κ2) is 4.08. The Labute approximate surface area is 85.3 Å². The first-order valence-electron chi connectivity index (χ1n) is 4.09. The number of carbonyl (C=O) groups is 2. The molecule has 0 radical (unpaired) electrons. The highest BCUT2D eigenvalue weighted by atomic mass is 19.1. The molecule has 0 amide bonds. The predicted octanol–water partition coefficient (Wildman–Crippen LogP) is 1.41. The summed E-state index contributed by atoms with van der Waals surface area (Å²) >= 11 is 0. The topological polar surface area (TPSA) is 63.6 Å². The number of ether oxygens (including phenoxy) is 1. The van der Waals surface area contributed by atoms with Crippen LogP contribution < -0.4 is 4.74 Å². The number of benzene rings is 1. The summed E-state index contributed by atoms with van der Waals surface area (Å²) in [7, 11) is 1.24. The molecule has 0 aliphatic carbocycles. The van der Waals surface area contributed by atoms with Gasteiger partial charge in [-0.3, -0.25) is 4.79 Å². The minimum absolute atomic E-state index is 0.0782. The van der Waals surface area contributed by atoms with Crippen LogP contribution in [0.15, 0.2) is 12.1 Å². The van der Waals surface area contributed by atoms with Gasteiger partial charge in [-0.05, 0) is 18.6 Å². The molecule has 1 aromatic rings. The van der Waals surface area contributed by atoms with E-state index in [1.165, 1.54) is 14.0 Å². The third-order valence-corrected chi connectivity index (χ3v) is 1.92. The Hall–Kier alpha value is -1.91. The van der Waals surface area contributed by atoms with Gasteiger partial charge in [-0.1, -0.05) is 0 Å². The Morgan fingerprint density at radius 1 is 1.40 bits per heavy atom. The normalized spacial score (nSPS) is 9.80. The first kappa shape index (κ1) is 11.2. The quantitative estimate of drug-likeness (QED) is 0.607. The van der Waals surface area contributed by atoms with Gasteiger partial charge in [0, 0.05) is 6.07 Å². The third kappa shape index (κ3) is 2.12. The number of halogens is 1. The SMILES string of the molecule is COc1cc(F)c(C)cc1C(=O)C(=O)O. The monoisotopic (exact) mass is 212 g/mol. The minimum Gasteiger partial charge on any atom is -0.496 e. The molecule has 0 aromatic heterocycles. The van der Waals surface area contributed by atoms with Crippen molar-refractivity contribution in [1.29, 1.82) is 0 Å². The fraction of sp³-hybridized carbons (Fsp3) is 0.200. The summed E-state index contributed by atoms with van der Waals surface area (Å²) in [6.45, 7) is 1.44. The highest BCUT2D eigenvalue weighted by molar-refractivity contribution is 6.40. The number of hydrogen-bond acceptors (Lipinski definition) is 3. The van der Waals surface area contributed by atoms with Crippen LogP contribution in [0.2, 0.25) is 0 Å². The molecule has 15 heavy (non-hydrogen) atoms. The number of methoxy groups -OCH3 is 1. The molecule has 0 atom stereocenters. The molecule has 1 rings (SSSR count). The maximum atomic E-state index is 13.1. The molecule has 0 unspecified atom stereocenters. The molecule has 1 aromatic carbocycles. The van der Waals surface area contributed by atoms with Crippen LogP contribution in [0, 0.1) is 12.7 Å². The molecule has 4 nitrogen and oxygen atoms in total. The molecular formula is C10H9FO4. The Bertz CT molecular complexity index is 426. The summed E-state index contributed by atoms with van der Waals surface area (Å²) in [5.41, 5.74) is 0.0456. The molecule has 1 N–H and O–H groups in total. The van der Waals surface area contributed by atoms with Crippen LogP contribution in [0.5, 0.6) is 5.75 Å². The van der Waals surface area contributed by atoms with E-state index in [2.05, 4.69) is 0 Å². The molecule has 0 heterocycles. The number of ketones is 1. The summed E-state index contributed by atoms with van der Waals surface area (Å²) < 4.78 is 17.8. The number of carbonyl (C=O) groups excluding carboxylic acids is 1. The molecule has 5 heteroatoms. The summed E-state index contributed by atoms with van der Waals surface area (Å²) in [4.78, 5) is 21.7. The Morgan fingerprint density at radius 2 is 2.00 bits per heavy atom. The first-order chi connectivity index (χ1) is 6.97. The molecule has 0 aliphatic rings. The lowest BCUT2D eigenvalue weighted by Gasteiger charge is -2.07. The zero-order valence-electron chi connectivity index (χ0n) is 8.20. The standard InChI is InChI=1S/C10H9FO4/c1-5-3-6(9(12)10(13)14)8(15-2)4-7(5)11/h3-4H,1-2H3,(H,13,14). The second-order valence-corrected chi connectivity index (χ2v) is 2.94. The van der Waals surface area contributed by atoms with Gasteiger partial charge in [0.2, 0.25) is 0 Å². The van der Waals surface area contributed by atoms with Crippen molar-refractivity contribution in [1.82, 2.24) is 0 Å². The largest absolute Gasteiger partial charge is 0.496 e. The molecule has 80 valence electrons. The summed E-state index contributed by atoms with van der Waals surface area (Å²) in [5, 5.41) is 8.52. The van der Waals surface area contributed by atoms with Crippen molar-refractivity contribution in [2.75, 3.05) is 7.11 Å². The number of aliphatic carboxylic acids is 1. The van der Waals surface area contributed by atoms with Crippen LogP contribution in [0.25, 0.3) is 0 Å². The van der Waals surface area contributed by atoms with Gasteiger partial charge in [-0.25, -0.2) is 9.18 Å². The van der Waals surface area contributed by atoms with Crippen molar-refractivity contribution in [3.05, 3.63) is 29.1 Å². The predicted molar refractivity (Wildman–Crippen MR) is 49.7 cm³/mol. The van der Waals surface area contributed by atoms with Crippen LogP contribution in [0.4, 0.5) is 4.39 Å². The van der Waals surface area contributed by atoms with Crippen LogP contribution >= 0.6 is 0 Å². The first-order valence-corrected chi connectivity index (χ1v) is 4.09. The lowest BCUT2D eigenvalue weighted by Crippen LogP contribution is -2.14. The number of rotatable bonds is 3. The van der Waals surface area contributed by atoms with E-state index in [9.17, 15) is 14.0 Å². The van der Waals surface area contributed by atoms with Crippen LogP contribution in [-0.2, 0) is 4.79 Å². The molecular weight excluding hydrogens is 203 g/mol. The van der Waals surface area contributed by atoms with E-state index in [0.29, 0.717) is 0 Å². The van der Waals surface area contributed by atoms with Crippen molar-refractivity contribution in [3.8, 4) is 5.75 Å². The highest BCUT2D eigenvalue weighted by Crippen LogP contribution is 2.22. The number of carboxylic acids is 1. The van der Waals surface area contributed by atoms with E-state index < -0.39 is 17.6 Å². The molecule has 0 saturated carbocycles. The zero-order chi connectivity index (χ0) is 11.6. The Kier molecular flexibility index (Phi) is 3.04. The number of aryl methyl sites for hydroxylation is 1. The molecule has 0 saturated heterocycles. The van der Waals surface area contributed by atoms with Crippen molar-refractivity contribution in [3.63, 3.8) is 0 Å². The lowest BCUT2D eigenvalue weighted by atomic mass is 10.1. The summed E-state index contributed by atoms with van der Waals surface area (Å²) in [5.74, 6) is -3.34. The fourth-order valence-corrected chi connectivity index (χ4v) is 1.12. The molecule has 0 fully saturated rings. The van der Waals surface area contributed by atoms with Crippen molar-refractivity contribution >= 4 is 11.8 Å². The van der Waals surface area contributed by atoms with Gasteiger partial charge < -0.3 is 9.84 Å². The van der Waals surface area contributed by atoms with E-state index >= 15 is 0 Å². The average molecular weight is 212 g/mol. The molecule has 0 spiro atoms. The average Bonchev–Trinajstić information content (AvgIpc) is 2.20. The van der Waals surface area contributed by atoms with Gasteiger partial charge in [0.25, 0.3) is 5.78 Å². The van der Waals surface area contributed by atoms with E-state index in [1.807, 2.05) is 0 Å². The zero-order valence-corrected chi connectivity index (χ0v) is 8.20. The van der Waals surface area contributed by atoms with Crippen LogP contribution in [0.1, 0.15) is 15.9 Å². The second-order valence-electron chi connectivity index (χ2n) is 2.94. The summed E-state index contributed by atoms with van der Waals surface area (Å²) in [6, 6.07) is 2.15. The Morgan fingerprint density at radius 3 is 2.47 bits per heavy atom. The van der Waals surface area contributed by atoms with Gasteiger partial charge in [0.05, 0.1) is 12.7 Å². The summed E-state index contributed by atoms with van der Waals surface area (Å²) in [6.07, 6.45) is 0. The molecule has 0 bridgehead atoms. The molecule has 0 aliphatic heterocycles. The minimum atomic E-state index is -1.60. The van der Waals surface area contributed by atoms with Crippen LogP contribution in [0.3, 0.4) is 0 Å². The smallest absolute Gasteiger partial charge is 0.377 e. The van der Waals surface area contributed by atoms with Crippen molar-refractivity contribution in [2.45, 2.75) is 6.92 Å². The van der Waals surface area contributed by atoms with E-state index in [0.717, 1.165) is 12.1 Å². The number of carboxylic acid groups (broad SMARTS) is 1. The van der Waals surface area contributed by atoms with Gasteiger partial charge >= 0.3 is 5.97 Å². The van der Waals surface area contributed by atoms with Gasteiger partial charge in [0.15, 0.2) is 0 Å². The maximum Gasteiger partial charge on any atom is 0.377 e. The van der Waals surface area contributed by atoms with Crippen molar-refractivity contribution in [2.24, 2.45) is 0 Å². The van der Waals surface area contributed by atoms with Gasteiger partial charge in [-0.2, -0.15) is 0 Å². The van der Waals surface area contributed by atoms with E-state index in [-0.39, 0.29) is 16.9 Å². The van der Waals surface area contributed by atoms with E-state index in [1.54, 1.807) is 0 Å². The van der Waals surface area contributed by atoms with Crippen LogP contribution in [-0.4, -0.2) is 24.0 Å². The third-order valence-electron chi connectivity index (χ3n) is 1.92. The van der Waals surface area contributed by atoms with Gasteiger partial charge in [0.1, 0.15) is 11.6 Å². The van der Waals surface area contributed by atoms with Crippen molar-refractivity contribution < 1.29 is 23.8 Å². The lowest BCUT2D eigenvalue weighted by molar-refractivity contribution is -0.131. The highest BCUT2D eigenvalue weighted by Gasteiger charge is 2.20. The maximum absolute atomic E-state index is 13.1. The van der Waals surface area contributed by atoms with E-state index in [4.69, 9.17) is 9.84 Å². The Balaban J connectivity index is 3.34.